The smallest absolute Gasteiger partial charge is 0.408 e. The molecule has 292 valence electrons. The second kappa shape index (κ2) is 21.3. The molecule has 13 nitrogen and oxygen atoms in total. The van der Waals surface area contributed by atoms with E-state index < -0.39 is 59.6 Å². The average molecular weight is 747 g/mol. The number of benzene rings is 3. The lowest BCUT2D eigenvalue weighted by molar-refractivity contribution is -0.145. The van der Waals surface area contributed by atoms with E-state index in [0.717, 1.165) is 11.1 Å². The summed E-state index contributed by atoms with van der Waals surface area (Å²) in [5.41, 5.74) is 1.70. The van der Waals surface area contributed by atoms with Gasteiger partial charge in [0.1, 0.15) is 42.1 Å². The molecule has 4 atom stereocenters. The van der Waals surface area contributed by atoms with Gasteiger partial charge in [-0.15, -0.1) is 0 Å². The molecule has 0 unspecified atom stereocenters. The van der Waals surface area contributed by atoms with Crippen LogP contribution in [0.5, 0.6) is 5.75 Å². The van der Waals surface area contributed by atoms with E-state index in [4.69, 9.17) is 18.9 Å². The summed E-state index contributed by atoms with van der Waals surface area (Å²) in [4.78, 5) is 66.0. The van der Waals surface area contributed by atoms with Crippen LogP contribution >= 0.6 is 0 Å². The van der Waals surface area contributed by atoms with E-state index in [-0.39, 0.29) is 25.6 Å². The number of methoxy groups -OCH3 is 1. The van der Waals surface area contributed by atoms with E-state index in [1.807, 2.05) is 74.5 Å². The topological polar surface area (TPSA) is 170 Å². The van der Waals surface area contributed by atoms with Gasteiger partial charge in [-0.1, -0.05) is 86.6 Å². The minimum Gasteiger partial charge on any atom is -0.489 e. The van der Waals surface area contributed by atoms with Crippen molar-refractivity contribution in [2.24, 2.45) is 5.92 Å². The van der Waals surface area contributed by atoms with Gasteiger partial charge in [0.2, 0.25) is 17.7 Å². The Morgan fingerprint density at radius 2 is 1.19 bits per heavy atom. The minimum absolute atomic E-state index is 0.0209. The molecule has 0 bridgehead atoms. The summed E-state index contributed by atoms with van der Waals surface area (Å²) in [6.45, 7) is 10.7. The molecule has 0 aromatic heterocycles. The van der Waals surface area contributed by atoms with Crippen molar-refractivity contribution >= 4 is 29.8 Å². The molecular formula is C41H54N4O9. The van der Waals surface area contributed by atoms with Crippen LogP contribution in [0.2, 0.25) is 0 Å². The van der Waals surface area contributed by atoms with E-state index in [0.29, 0.717) is 24.3 Å². The molecule has 0 radical (unpaired) electrons. The molecule has 0 aliphatic heterocycles. The number of esters is 1. The predicted molar refractivity (Wildman–Crippen MR) is 203 cm³/mol. The summed E-state index contributed by atoms with van der Waals surface area (Å²) in [6, 6.07) is 21.6. The van der Waals surface area contributed by atoms with Crippen molar-refractivity contribution in [3.05, 3.63) is 102 Å². The second-order valence-electron chi connectivity index (χ2n) is 14.3. The van der Waals surface area contributed by atoms with Gasteiger partial charge in [0.05, 0.1) is 20.3 Å². The van der Waals surface area contributed by atoms with E-state index >= 15 is 0 Å². The zero-order chi connectivity index (χ0) is 39.7. The Labute approximate surface area is 317 Å². The normalized spacial score (nSPS) is 13.4. The van der Waals surface area contributed by atoms with Gasteiger partial charge >= 0.3 is 12.1 Å². The fourth-order valence-electron chi connectivity index (χ4n) is 5.19. The van der Waals surface area contributed by atoms with Crippen LogP contribution in [0.1, 0.15) is 64.7 Å². The van der Waals surface area contributed by atoms with Gasteiger partial charge in [0.25, 0.3) is 0 Å². The van der Waals surface area contributed by atoms with Gasteiger partial charge in [-0.25, -0.2) is 9.59 Å². The van der Waals surface area contributed by atoms with Crippen molar-refractivity contribution in [1.29, 1.82) is 0 Å². The first kappa shape index (κ1) is 43.0. The number of ether oxygens (including phenoxy) is 4. The molecule has 0 heterocycles. The molecule has 0 saturated carbocycles. The maximum atomic E-state index is 13.8. The SMILES string of the molecule is COC(=O)[C@@H](CC(C)C)NC(=O)[C@H](C)NC(=O)[C@@H](Cc1ccc(OCc2ccccc2)cc1)NC(=O)[C@@H](COCc1ccccc1)NC(=O)OC(C)(C)C. The summed E-state index contributed by atoms with van der Waals surface area (Å²) < 4.78 is 22.0. The number of carbonyl (C=O) groups excluding carboxylic acids is 5. The third kappa shape index (κ3) is 15.7. The third-order valence-corrected chi connectivity index (χ3v) is 7.91. The zero-order valence-corrected chi connectivity index (χ0v) is 32.2. The Kier molecular flexibility index (Phi) is 17.0. The van der Waals surface area contributed by atoms with Gasteiger partial charge < -0.3 is 40.2 Å². The lowest BCUT2D eigenvalue weighted by Gasteiger charge is -2.26. The largest absolute Gasteiger partial charge is 0.489 e. The Morgan fingerprint density at radius 1 is 0.630 bits per heavy atom. The number of nitrogens with one attached hydrogen (secondary N) is 4. The average Bonchev–Trinajstić information content (AvgIpc) is 3.13. The maximum absolute atomic E-state index is 13.8. The number of hydrogen-bond acceptors (Lipinski definition) is 9. The molecule has 0 saturated heterocycles. The molecule has 0 aliphatic rings. The molecule has 3 rings (SSSR count). The highest BCUT2D eigenvalue weighted by Crippen LogP contribution is 2.16. The molecule has 0 aliphatic carbocycles. The molecule has 13 heteroatoms. The van der Waals surface area contributed by atoms with Crippen molar-refractivity contribution in [1.82, 2.24) is 21.3 Å². The monoisotopic (exact) mass is 746 g/mol. The van der Waals surface area contributed by atoms with Crippen LogP contribution in [0, 0.1) is 5.92 Å². The second-order valence-corrected chi connectivity index (χ2v) is 14.3. The quantitative estimate of drug-likeness (QED) is 0.128. The van der Waals surface area contributed by atoms with Crippen molar-refractivity contribution in [3.63, 3.8) is 0 Å². The molecule has 4 amide bonds. The Morgan fingerprint density at radius 3 is 1.74 bits per heavy atom. The molecular weight excluding hydrogens is 692 g/mol. The van der Waals surface area contributed by atoms with Gasteiger partial charge in [-0.3, -0.25) is 14.4 Å². The number of carbonyl (C=O) groups is 5. The van der Waals surface area contributed by atoms with Crippen LogP contribution in [0.15, 0.2) is 84.9 Å². The third-order valence-electron chi connectivity index (χ3n) is 7.91. The van der Waals surface area contributed by atoms with Gasteiger partial charge in [0, 0.05) is 6.42 Å². The summed E-state index contributed by atoms with van der Waals surface area (Å²) in [7, 11) is 1.24. The minimum atomic E-state index is -1.25. The highest BCUT2D eigenvalue weighted by atomic mass is 16.6. The standard InChI is InChI=1S/C41H54N4O9/c1-27(2)22-34(39(49)51-7)44-36(46)28(3)42-37(47)33(23-29-18-20-32(21-19-29)53-25-31-16-12-9-13-17-31)43-38(48)35(45-40(50)54-41(4,5)6)26-52-24-30-14-10-8-11-15-30/h8-21,27-28,33-35H,22-26H2,1-7H3,(H,42,47)(H,43,48)(H,44,46)(H,45,50)/t28-,33+,34+,35+/m0/s1. The van der Waals surface area contributed by atoms with E-state index in [9.17, 15) is 24.0 Å². The van der Waals surface area contributed by atoms with Crippen LogP contribution in [-0.2, 0) is 53.0 Å². The number of hydrogen-bond donors (Lipinski definition) is 4. The van der Waals surface area contributed by atoms with Gasteiger partial charge in [0.15, 0.2) is 0 Å². The number of rotatable bonds is 19. The molecule has 0 spiro atoms. The Bertz CT molecular complexity index is 1640. The summed E-state index contributed by atoms with van der Waals surface area (Å²) >= 11 is 0. The lowest BCUT2D eigenvalue weighted by atomic mass is 10.0. The highest BCUT2D eigenvalue weighted by Gasteiger charge is 2.31. The zero-order valence-electron chi connectivity index (χ0n) is 32.2. The maximum Gasteiger partial charge on any atom is 0.408 e. The van der Waals surface area contributed by atoms with Gasteiger partial charge in [-0.05, 0) is 68.9 Å². The van der Waals surface area contributed by atoms with Crippen LogP contribution in [0.25, 0.3) is 0 Å². The van der Waals surface area contributed by atoms with Gasteiger partial charge in [-0.2, -0.15) is 0 Å². The van der Waals surface area contributed by atoms with Crippen molar-refractivity contribution < 1.29 is 42.9 Å². The van der Waals surface area contributed by atoms with Crippen molar-refractivity contribution in [2.45, 2.75) is 97.4 Å². The fraction of sp³-hybridized carbons (Fsp3) is 0.439. The van der Waals surface area contributed by atoms with Crippen LogP contribution in [-0.4, -0.2) is 73.3 Å². The van der Waals surface area contributed by atoms with E-state index in [1.165, 1.54) is 14.0 Å². The summed E-state index contributed by atoms with van der Waals surface area (Å²) in [5.74, 6) is -1.91. The fourth-order valence-corrected chi connectivity index (χ4v) is 5.19. The predicted octanol–water partition coefficient (Wildman–Crippen LogP) is 4.61. The number of alkyl carbamates (subject to hydrolysis) is 1. The summed E-state index contributed by atoms with van der Waals surface area (Å²) in [6.07, 6.45) is -0.487. The Balaban J connectivity index is 1.81. The van der Waals surface area contributed by atoms with Crippen LogP contribution < -0.4 is 26.0 Å². The lowest BCUT2D eigenvalue weighted by Crippen LogP contribution is -2.58. The van der Waals surface area contributed by atoms with Crippen molar-refractivity contribution in [3.8, 4) is 5.75 Å². The molecule has 0 fully saturated rings. The molecule has 4 N–H and O–H groups in total. The van der Waals surface area contributed by atoms with E-state index in [2.05, 4.69) is 21.3 Å². The molecule has 3 aromatic carbocycles. The first-order valence-corrected chi connectivity index (χ1v) is 18.0. The summed E-state index contributed by atoms with van der Waals surface area (Å²) in [5, 5.41) is 10.6. The van der Waals surface area contributed by atoms with Crippen LogP contribution in [0.4, 0.5) is 4.79 Å². The van der Waals surface area contributed by atoms with Crippen molar-refractivity contribution in [2.75, 3.05) is 13.7 Å². The van der Waals surface area contributed by atoms with E-state index in [1.54, 1.807) is 45.0 Å². The first-order chi connectivity index (χ1) is 25.6. The number of amides is 4. The van der Waals surface area contributed by atoms with Crippen LogP contribution in [0.3, 0.4) is 0 Å². The first-order valence-electron chi connectivity index (χ1n) is 18.0. The highest BCUT2D eigenvalue weighted by molar-refractivity contribution is 5.94. The molecule has 3 aromatic rings. The Hall–Kier alpha value is -5.43. The molecule has 54 heavy (non-hydrogen) atoms.